The van der Waals surface area contributed by atoms with Gasteiger partial charge < -0.3 is 15.3 Å². The second-order valence-electron chi connectivity index (χ2n) is 6.45. The van der Waals surface area contributed by atoms with Gasteiger partial charge in [0.2, 0.25) is 0 Å². The van der Waals surface area contributed by atoms with Crippen molar-refractivity contribution in [2.45, 2.75) is 18.6 Å². The highest BCUT2D eigenvalue weighted by Gasteiger charge is 2.31. The molecule has 4 rings (SSSR count). The van der Waals surface area contributed by atoms with Crippen molar-refractivity contribution < 1.29 is 14.7 Å². The normalized spacial score (nSPS) is 19.8. The number of likely N-dealkylation sites (tertiary alicyclic amines) is 1. The molecule has 138 valence electrons. The van der Waals surface area contributed by atoms with Crippen LogP contribution in [0, 0.1) is 0 Å². The SMILES string of the molecule is O=C(N[C@@H]1CCN(C(=O)c2ccccc2)C[C@H]1O)c1ccn2nnnc2c1. The van der Waals surface area contributed by atoms with Gasteiger partial charge in [-0.1, -0.05) is 18.2 Å². The molecule has 1 saturated heterocycles. The second-order valence-corrected chi connectivity index (χ2v) is 6.45. The van der Waals surface area contributed by atoms with Gasteiger partial charge in [-0.2, -0.15) is 0 Å². The summed E-state index contributed by atoms with van der Waals surface area (Å²) in [5.41, 5.74) is 1.46. The van der Waals surface area contributed by atoms with Gasteiger partial charge in [0, 0.05) is 30.4 Å². The highest BCUT2D eigenvalue weighted by molar-refractivity contribution is 5.95. The first kappa shape index (κ1) is 17.1. The number of amides is 2. The van der Waals surface area contributed by atoms with Crippen LogP contribution in [0.15, 0.2) is 48.7 Å². The Kier molecular flexibility index (Phi) is 4.51. The number of tetrazole rings is 1. The Morgan fingerprint density at radius 1 is 1.15 bits per heavy atom. The molecular formula is C18H18N6O3. The van der Waals surface area contributed by atoms with Crippen molar-refractivity contribution in [2.24, 2.45) is 0 Å². The van der Waals surface area contributed by atoms with Crippen LogP contribution in [-0.2, 0) is 0 Å². The molecule has 1 fully saturated rings. The number of aliphatic hydroxyl groups is 1. The molecule has 27 heavy (non-hydrogen) atoms. The van der Waals surface area contributed by atoms with Crippen molar-refractivity contribution in [1.29, 1.82) is 0 Å². The number of hydrogen-bond donors (Lipinski definition) is 2. The van der Waals surface area contributed by atoms with Crippen molar-refractivity contribution in [3.8, 4) is 0 Å². The highest BCUT2D eigenvalue weighted by Crippen LogP contribution is 2.15. The van der Waals surface area contributed by atoms with Crippen LogP contribution >= 0.6 is 0 Å². The Balaban J connectivity index is 1.39. The van der Waals surface area contributed by atoms with E-state index in [4.69, 9.17) is 0 Å². The standard InChI is InChI=1S/C18H18N6O3/c25-15-11-23(18(27)12-4-2-1-3-5-12)8-7-14(15)19-17(26)13-6-9-24-16(10-13)20-21-22-24/h1-6,9-10,14-15,25H,7-8,11H2,(H,19,26)/t14-,15-/m1/s1. The number of piperidine rings is 1. The zero-order valence-electron chi connectivity index (χ0n) is 14.4. The Hall–Kier alpha value is -3.33. The van der Waals surface area contributed by atoms with Crippen molar-refractivity contribution in [3.63, 3.8) is 0 Å². The Morgan fingerprint density at radius 2 is 1.96 bits per heavy atom. The smallest absolute Gasteiger partial charge is 0.253 e. The van der Waals surface area contributed by atoms with Gasteiger partial charge in [0.1, 0.15) is 0 Å². The average Bonchev–Trinajstić information content (AvgIpc) is 3.17. The van der Waals surface area contributed by atoms with E-state index in [2.05, 4.69) is 20.8 Å². The first-order chi connectivity index (χ1) is 13.1. The van der Waals surface area contributed by atoms with Crippen LogP contribution in [0.25, 0.3) is 5.65 Å². The summed E-state index contributed by atoms with van der Waals surface area (Å²) < 4.78 is 1.46. The quantitative estimate of drug-likeness (QED) is 0.681. The van der Waals surface area contributed by atoms with Gasteiger partial charge in [0.05, 0.1) is 12.1 Å². The summed E-state index contributed by atoms with van der Waals surface area (Å²) in [6, 6.07) is 11.7. The minimum Gasteiger partial charge on any atom is -0.389 e. The summed E-state index contributed by atoms with van der Waals surface area (Å²) in [4.78, 5) is 26.6. The van der Waals surface area contributed by atoms with Gasteiger partial charge in [0.15, 0.2) is 5.65 Å². The summed E-state index contributed by atoms with van der Waals surface area (Å²) in [6.07, 6.45) is 1.23. The Labute approximate surface area is 154 Å². The molecule has 2 atom stereocenters. The van der Waals surface area contributed by atoms with E-state index in [1.54, 1.807) is 47.5 Å². The van der Waals surface area contributed by atoms with Crippen LogP contribution in [0.1, 0.15) is 27.1 Å². The van der Waals surface area contributed by atoms with E-state index in [9.17, 15) is 14.7 Å². The molecule has 1 aliphatic heterocycles. The second kappa shape index (κ2) is 7.12. The van der Waals surface area contributed by atoms with Crippen LogP contribution in [0.4, 0.5) is 0 Å². The maximum absolute atomic E-state index is 12.5. The highest BCUT2D eigenvalue weighted by atomic mass is 16.3. The van der Waals surface area contributed by atoms with E-state index >= 15 is 0 Å². The number of carbonyl (C=O) groups is 2. The number of benzene rings is 1. The lowest BCUT2D eigenvalue weighted by Crippen LogP contribution is -2.55. The molecule has 9 nitrogen and oxygen atoms in total. The lowest BCUT2D eigenvalue weighted by atomic mass is 10.0. The van der Waals surface area contributed by atoms with Gasteiger partial charge in [-0.05, 0) is 41.1 Å². The molecule has 3 aromatic rings. The number of aliphatic hydroxyl groups excluding tert-OH is 1. The molecule has 2 amide bonds. The van der Waals surface area contributed by atoms with Crippen molar-refractivity contribution >= 4 is 17.5 Å². The van der Waals surface area contributed by atoms with Crippen molar-refractivity contribution in [3.05, 3.63) is 59.8 Å². The number of hydrogen-bond acceptors (Lipinski definition) is 6. The Bertz CT molecular complexity index is 973. The summed E-state index contributed by atoms with van der Waals surface area (Å²) in [5.74, 6) is -0.434. The van der Waals surface area contributed by atoms with E-state index in [0.717, 1.165) is 0 Å². The fourth-order valence-corrected chi connectivity index (χ4v) is 3.18. The molecule has 0 aliphatic carbocycles. The number of carbonyl (C=O) groups excluding carboxylic acids is 2. The summed E-state index contributed by atoms with van der Waals surface area (Å²) >= 11 is 0. The fourth-order valence-electron chi connectivity index (χ4n) is 3.18. The third kappa shape index (κ3) is 3.49. The van der Waals surface area contributed by atoms with Gasteiger partial charge in [0.25, 0.3) is 11.8 Å². The summed E-state index contributed by atoms with van der Waals surface area (Å²) in [5, 5.41) is 24.3. The number of β-amino-alcohol motifs (C(OH)–C–C–N with tert-alkyl or cyclic N) is 1. The van der Waals surface area contributed by atoms with E-state index in [1.807, 2.05) is 6.07 Å². The zero-order chi connectivity index (χ0) is 18.8. The van der Waals surface area contributed by atoms with Gasteiger partial charge in [-0.25, -0.2) is 4.52 Å². The lowest BCUT2D eigenvalue weighted by Gasteiger charge is -2.36. The number of fused-ring (bicyclic) bond motifs is 1. The van der Waals surface area contributed by atoms with Crippen LogP contribution in [0.2, 0.25) is 0 Å². The van der Waals surface area contributed by atoms with E-state index in [0.29, 0.717) is 29.7 Å². The minimum absolute atomic E-state index is 0.121. The minimum atomic E-state index is -0.839. The van der Waals surface area contributed by atoms with Gasteiger partial charge in [-0.3, -0.25) is 9.59 Å². The van der Waals surface area contributed by atoms with Crippen LogP contribution < -0.4 is 5.32 Å². The largest absolute Gasteiger partial charge is 0.389 e. The maximum atomic E-state index is 12.5. The van der Waals surface area contributed by atoms with E-state index < -0.39 is 12.1 Å². The van der Waals surface area contributed by atoms with E-state index in [1.165, 1.54) is 4.52 Å². The molecule has 3 heterocycles. The predicted molar refractivity (Wildman–Crippen MR) is 95.0 cm³/mol. The summed E-state index contributed by atoms with van der Waals surface area (Å²) in [6.45, 7) is 0.634. The molecule has 2 aromatic heterocycles. The average molecular weight is 366 g/mol. The molecular weight excluding hydrogens is 348 g/mol. The molecule has 0 radical (unpaired) electrons. The zero-order valence-corrected chi connectivity index (χ0v) is 14.4. The van der Waals surface area contributed by atoms with Crippen molar-refractivity contribution in [2.75, 3.05) is 13.1 Å². The monoisotopic (exact) mass is 366 g/mol. The number of pyridine rings is 1. The summed E-state index contributed by atoms with van der Waals surface area (Å²) in [7, 11) is 0. The number of rotatable bonds is 3. The van der Waals surface area contributed by atoms with Gasteiger partial charge >= 0.3 is 0 Å². The molecule has 0 spiro atoms. The molecule has 1 aromatic carbocycles. The predicted octanol–water partition coefficient (Wildman–Crippen LogP) is 0.130. The molecule has 0 saturated carbocycles. The molecule has 0 bridgehead atoms. The first-order valence-corrected chi connectivity index (χ1v) is 8.63. The number of nitrogens with one attached hydrogen (secondary N) is 1. The number of aromatic nitrogens is 4. The fraction of sp³-hybridized carbons (Fsp3) is 0.278. The molecule has 1 aliphatic rings. The van der Waals surface area contributed by atoms with Gasteiger partial charge in [-0.15, -0.1) is 5.10 Å². The molecule has 0 unspecified atom stereocenters. The maximum Gasteiger partial charge on any atom is 0.253 e. The lowest BCUT2D eigenvalue weighted by molar-refractivity contribution is 0.0315. The Morgan fingerprint density at radius 3 is 2.74 bits per heavy atom. The topological polar surface area (TPSA) is 113 Å². The van der Waals surface area contributed by atoms with Crippen LogP contribution in [0.5, 0.6) is 0 Å². The molecule has 2 N–H and O–H groups in total. The van der Waals surface area contributed by atoms with E-state index in [-0.39, 0.29) is 18.4 Å². The first-order valence-electron chi connectivity index (χ1n) is 8.63. The van der Waals surface area contributed by atoms with Crippen molar-refractivity contribution in [1.82, 2.24) is 30.3 Å². The third-order valence-corrected chi connectivity index (χ3v) is 4.67. The van der Waals surface area contributed by atoms with Crippen LogP contribution in [-0.4, -0.2) is 67.1 Å². The third-order valence-electron chi connectivity index (χ3n) is 4.67. The van der Waals surface area contributed by atoms with Crippen LogP contribution in [0.3, 0.4) is 0 Å². The molecule has 9 heteroatoms. The number of nitrogens with zero attached hydrogens (tertiary/aromatic N) is 5.